The lowest BCUT2D eigenvalue weighted by atomic mass is 10.2. The molecule has 2 rings (SSSR count). The molecule has 0 aromatic heterocycles. The van der Waals surface area contributed by atoms with Gasteiger partial charge in [-0.3, -0.25) is 5.43 Å². The van der Waals surface area contributed by atoms with Gasteiger partial charge in [0.2, 0.25) is 5.71 Å². The lowest BCUT2D eigenvalue weighted by molar-refractivity contribution is 0.307. The van der Waals surface area contributed by atoms with Gasteiger partial charge in [-0.2, -0.15) is 15.6 Å². The summed E-state index contributed by atoms with van der Waals surface area (Å²) in [4.78, 5) is 0. The highest BCUT2D eigenvalue weighted by molar-refractivity contribution is 6.30. The van der Waals surface area contributed by atoms with E-state index in [1.165, 1.54) is 0 Å². The van der Waals surface area contributed by atoms with Gasteiger partial charge in [-0.15, -0.1) is 0 Å². The van der Waals surface area contributed by atoms with E-state index in [9.17, 15) is 0 Å². The average Bonchev–Trinajstić information content (AvgIpc) is 2.56. The number of nitrogens with one attached hydrogen (secondary N) is 1. The van der Waals surface area contributed by atoms with Crippen molar-refractivity contribution in [2.45, 2.75) is 6.61 Å². The number of hydrazone groups is 1. The third-order valence-electron chi connectivity index (χ3n) is 2.68. The van der Waals surface area contributed by atoms with Gasteiger partial charge in [-0.05, 0) is 23.8 Å². The normalized spacial score (nSPS) is 9.23. The molecule has 0 aliphatic heterocycles. The van der Waals surface area contributed by atoms with Gasteiger partial charge in [0.05, 0.1) is 5.69 Å². The maximum absolute atomic E-state index is 8.68. The monoisotopic (exact) mass is 310 g/mol. The van der Waals surface area contributed by atoms with Crippen LogP contribution in [0.3, 0.4) is 0 Å². The second-order valence-electron chi connectivity index (χ2n) is 4.21. The molecule has 1 N–H and O–H groups in total. The first kappa shape index (κ1) is 15.4. The molecule has 0 heterocycles. The van der Waals surface area contributed by atoms with Crippen LogP contribution in [0.1, 0.15) is 5.56 Å². The van der Waals surface area contributed by atoms with E-state index in [2.05, 4.69) is 10.5 Å². The first-order chi connectivity index (χ1) is 10.7. The SMILES string of the molecule is N#CC(C#N)=NNc1cc(Cl)ccc1OCc1ccccc1. The number of ether oxygens (including phenoxy) is 1. The van der Waals surface area contributed by atoms with E-state index in [1.54, 1.807) is 30.3 Å². The van der Waals surface area contributed by atoms with Crippen LogP contribution in [-0.2, 0) is 6.61 Å². The Morgan fingerprint density at radius 3 is 2.55 bits per heavy atom. The van der Waals surface area contributed by atoms with Crippen molar-refractivity contribution in [1.82, 2.24) is 0 Å². The summed E-state index contributed by atoms with van der Waals surface area (Å²) in [5.41, 5.74) is 3.84. The van der Waals surface area contributed by atoms with E-state index in [0.29, 0.717) is 23.1 Å². The van der Waals surface area contributed by atoms with E-state index < -0.39 is 0 Å². The first-order valence-corrected chi connectivity index (χ1v) is 6.71. The summed E-state index contributed by atoms with van der Waals surface area (Å²) < 4.78 is 5.72. The molecule has 0 unspecified atom stereocenters. The minimum Gasteiger partial charge on any atom is -0.487 e. The molecule has 2 aromatic rings. The van der Waals surface area contributed by atoms with Crippen molar-refractivity contribution in [2.24, 2.45) is 5.10 Å². The third kappa shape index (κ3) is 4.24. The molecule has 0 radical (unpaired) electrons. The zero-order valence-electron chi connectivity index (χ0n) is 11.5. The van der Waals surface area contributed by atoms with Gasteiger partial charge in [0, 0.05) is 5.02 Å². The van der Waals surface area contributed by atoms with Crippen LogP contribution in [0, 0.1) is 22.7 Å². The highest BCUT2D eigenvalue weighted by Gasteiger charge is 2.05. The van der Waals surface area contributed by atoms with Crippen LogP contribution in [-0.4, -0.2) is 5.71 Å². The van der Waals surface area contributed by atoms with Crippen molar-refractivity contribution < 1.29 is 4.74 Å². The maximum atomic E-state index is 8.68. The van der Waals surface area contributed by atoms with E-state index in [-0.39, 0.29) is 5.71 Å². The molecule has 0 saturated heterocycles. The van der Waals surface area contributed by atoms with Crippen molar-refractivity contribution in [3.63, 3.8) is 0 Å². The second-order valence-corrected chi connectivity index (χ2v) is 4.65. The number of halogens is 1. The highest BCUT2D eigenvalue weighted by Crippen LogP contribution is 2.28. The summed E-state index contributed by atoms with van der Waals surface area (Å²) in [7, 11) is 0. The number of anilines is 1. The number of benzene rings is 2. The number of nitriles is 2. The van der Waals surface area contributed by atoms with E-state index >= 15 is 0 Å². The Labute approximate surface area is 133 Å². The standard InChI is InChI=1S/C16H11ClN4O/c17-13-6-7-16(22-11-12-4-2-1-3-5-12)15(8-13)21-20-14(9-18)10-19/h1-8,21H,11H2. The predicted octanol–water partition coefficient (Wildman–Crippen LogP) is 3.73. The van der Waals surface area contributed by atoms with Crippen molar-refractivity contribution in [3.05, 3.63) is 59.1 Å². The minimum atomic E-state index is -0.283. The fourth-order valence-electron chi connectivity index (χ4n) is 1.64. The summed E-state index contributed by atoms with van der Waals surface area (Å²) in [6.45, 7) is 0.379. The van der Waals surface area contributed by atoms with Gasteiger partial charge in [0.1, 0.15) is 24.5 Å². The first-order valence-electron chi connectivity index (χ1n) is 6.33. The highest BCUT2D eigenvalue weighted by atomic mass is 35.5. The van der Waals surface area contributed by atoms with Crippen molar-refractivity contribution >= 4 is 23.0 Å². The molecule has 0 bridgehead atoms. The lowest BCUT2D eigenvalue weighted by Crippen LogP contribution is -2.01. The smallest absolute Gasteiger partial charge is 0.237 e. The molecule has 5 nitrogen and oxygen atoms in total. The van der Waals surface area contributed by atoms with E-state index in [0.717, 1.165) is 5.56 Å². The number of hydrogen-bond acceptors (Lipinski definition) is 5. The molecular formula is C16H11ClN4O. The van der Waals surface area contributed by atoms with Crippen molar-refractivity contribution in [3.8, 4) is 17.9 Å². The molecule has 0 amide bonds. The maximum Gasteiger partial charge on any atom is 0.237 e. The summed E-state index contributed by atoms with van der Waals surface area (Å²) in [6.07, 6.45) is 0. The van der Waals surface area contributed by atoms with Gasteiger partial charge < -0.3 is 4.74 Å². The summed E-state index contributed by atoms with van der Waals surface area (Å²) >= 11 is 5.94. The molecular weight excluding hydrogens is 300 g/mol. The Morgan fingerprint density at radius 1 is 1.14 bits per heavy atom. The fraction of sp³-hybridized carbons (Fsp3) is 0.0625. The largest absolute Gasteiger partial charge is 0.487 e. The summed E-state index contributed by atoms with van der Waals surface area (Å²) in [6, 6.07) is 18.0. The molecule has 0 fully saturated rings. The molecule has 22 heavy (non-hydrogen) atoms. The van der Waals surface area contributed by atoms with E-state index in [4.69, 9.17) is 26.9 Å². The molecule has 0 aliphatic rings. The quantitative estimate of drug-likeness (QED) is 0.674. The van der Waals surface area contributed by atoms with Crippen LogP contribution < -0.4 is 10.2 Å². The summed E-state index contributed by atoms with van der Waals surface area (Å²) in [5, 5.41) is 21.5. The topological polar surface area (TPSA) is 81.2 Å². The Balaban J connectivity index is 2.16. The molecule has 6 heteroatoms. The fourth-order valence-corrected chi connectivity index (χ4v) is 1.81. The minimum absolute atomic E-state index is 0.283. The Bertz CT molecular complexity index is 744. The van der Waals surface area contributed by atoms with Gasteiger partial charge in [0.15, 0.2) is 0 Å². The zero-order valence-corrected chi connectivity index (χ0v) is 12.2. The number of rotatable bonds is 5. The third-order valence-corrected chi connectivity index (χ3v) is 2.91. The lowest BCUT2D eigenvalue weighted by Gasteiger charge is -2.11. The molecule has 0 aliphatic carbocycles. The van der Waals surface area contributed by atoms with Gasteiger partial charge in [-0.1, -0.05) is 41.9 Å². The molecule has 0 saturated carbocycles. The number of hydrogen-bond donors (Lipinski definition) is 1. The van der Waals surface area contributed by atoms with Gasteiger partial charge in [0.25, 0.3) is 0 Å². The molecule has 0 atom stereocenters. The van der Waals surface area contributed by atoms with E-state index in [1.807, 2.05) is 30.3 Å². The zero-order chi connectivity index (χ0) is 15.8. The van der Waals surface area contributed by atoms with Crippen molar-refractivity contribution in [2.75, 3.05) is 5.43 Å². The predicted molar refractivity (Wildman–Crippen MR) is 84.5 cm³/mol. The van der Waals surface area contributed by atoms with Crippen LogP contribution in [0.2, 0.25) is 5.02 Å². The average molecular weight is 311 g/mol. The molecule has 2 aromatic carbocycles. The second kappa shape index (κ2) is 7.68. The molecule has 0 spiro atoms. The van der Waals surface area contributed by atoms with Crippen LogP contribution in [0.4, 0.5) is 5.69 Å². The summed E-state index contributed by atoms with van der Waals surface area (Å²) in [5.74, 6) is 0.521. The number of nitrogens with zero attached hydrogens (tertiary/aromatic N) is 3. The molecule has 108 valence electrons. The van der Waals surface area contributed by atoms with Crippen LogP contribution in [0.25, 0.3) is 0 Å². The Hall–Kier alpha value is -3.02. The van der Waals surface area contributed by atoms with Crippen LogP contribution >= 0.6 is 11.6 Å². The van der Waals surface area contributed by atoms with Gasteiger partial charge >= 0.3 is 0 Å². The Kier molecular flexibility index (Phi) is 5.37. The van der Waals surface area contributed by atoms with Gasteiger partial charge in [-0.25, -0.2) is 0 Å². The van der Waals surface area contributed by atoms with Crippen LogP contribution in [0.15, 0.2) is 53.6 Å². The van der Waals surface area contributed by atoms with Crippen LogP contribution in [0.5, 0.6) is 5.75 Å². The van der Waals surface area contributed by atoms with Crippen molar-refractivity contribution in [1.29, 1.82) is 10.5 Å². The Morgan fingerprint density at radius 2 is 1.86 bits per heavy atom.